The summed E-state index contributed by atoms with van der Waals surface area (Å²) < 4.78 is 3.46. The Morgan fingerprint density at radius 2 is 2.08 bits per heavy atom. The molecule has 12 heavy (non-hydrogen) atoms. The van der Waals surface area contributed by atoms with Crippen molar-refractivity contribution in [3.63, 3.8) is 0 Å². The molecular formula is C9H16N2S. The number of nitrogens with one attached hydrogen (secondary N) is 1. The fourth-order valence-corrected chi connectivity index (χ4v) is 1.37. The molecule has 0 unspecified atom stereocenters. The molecule has 0 aliphatic heterocycles. The van der Waals surface area contributed by atoms with Gasteiger partial charge in [-0.1, -0.05) is 6.07 Å². The molecular weight excluding hydrogens is 168 g/mol. The molecule has 1 heterocycles. The third-order valence-corrected chi connectivity index (χ3v) is 2.42. The van der Waals surface area contributed by atoms with Crippen molar-refractivity contribution in [1.29, 1.82) is 0 Å². The summed E-state index contributed by atoms with van der Waals surface area (Å²) in [6.45, 7) is 0.875. The molecule has 0 atom stereocenters. The van der Waals surface area contributed by atoms with Crippen LogP contribution in [0.25, 0.3) is 0 Å². The lowest BCUT2D eigenvalue weighted by molar-refractivity contribution is 0.913. The minimum Gasteiger partial charge on any atom is -0.276 e. The van der Waals surface area contributed by atoms with Crippen LogP contribution in [0.3, 0.4) is 0 Å². The summed E-state index contributed by atoms with van der Waals surface area (Å²) in [4.78, 5) is 4.23. The average molecular weight is 184 g/mol. The zero-order valence-electron chi connectivity index (χ0n) is 7.87. The Labute approximate surface area is 75.9 Å². The van der Waals surface area contributed by atoms with Gasteiger partial charge in [-0.25, -0.2) is 0 Å². The smallest absolute Gasteiger partial charge is 0.0550 e. The maximum atomic E-state index is 4.23. The van der Waals surface area contributed by atoms with E-state index in [9.17, 15) is 0 Å². The monoisotopic (exact) mass is 184 g/mol. The predicted octanol–water partition coefficient (Wildman–Crippen LogP) is 1.78. The Morgan fingerprint density at radius 1 is 1.33 bits per heavy atom. The van der Waals surface area contributed by atoms with Crippen molar-refractivity contribution in [2.24, 2.45) is 0 Å². The molecule has 1 aromatic rings. The molecule has 3 heteroatoms. The van der Waals surface area contributed by atoms with Gasteiger partial charge in [0.1, 0.15) is 0 Å². The van der Waals surface area contributed by atoms with Crippen molar-refractivity contribution in [2.75, 3.05) is 18.8 Å². The Hall–Kier alpha value is -0.540. The molecule has 2 nitrogen and oxygen atoms in total. The summed E-state index contributed by atoms with van der Waals surface area (Å²) in [5.74, 6) is 0. The molecule has 0 aromatic carbocycles. The number of aromatic nitrogens is 1. The van der Waals surface area contributed by atoms with Gasteiger partial charge in [0.25, 0.3) is 0 Å². The van der Waals surface area contributed by atoms with E-state index in [2.05, 4.69) is 28.5 Å². The first-order valence-electron chi connectivity index (χ1n) is 3.91. The van der Waals surface area contributed by atoms with Crippen LogP contribution in [0.1, 0.15) is 5.69 Å². The Morgan fingerprint density at radius 3 is 2.58 bits per heavy atom. The molecule has 0 radical (unpaired) electrons. The van der Waals surface area contributed by atoms with Crippen molar-refractivity contribution in [3.8, 4) is 0 Å². The number of nitrogens with zero attached hydrogens (tertiary/aromatic N) is 1. The van der Waals surface area contributed by atoms with Gasteiger partial charge in [-0.3, -0.25) is 9.71 Å². The molecule has 1 N–H and O–H groups in total. The second-order valence-corrected chi connectivity index (χ2v) is 7.44. The van der Waals surface area contributed by atoms with E-state index in [-0.39, 0.29) is 0 Å². The molecule has 1 rings (SSSR count). The molecule has 0 aliphatic rings. The summed E-state index contributed by atoms with van der Waals surface area (Å²) in [6.07, 6.45) is 8.52. The van der Waals surface area contributed by atoms with Gasteiger partial charge in [-0.05, 0) is 30.9 Å². The molecule has 0 saturated heterocycles. The highest BCUT2D eigenvalue weighted by atomic mass is 32.3. The number of rotatable bonds is 3. The summed E-state index contributed by atoms with van der Waals surface area (Å²) in [5, 5.41) is 0. The van der Waals surface area contributed by atoms with Gasteiger partial charge in [0.15, 0.2) is 0 Å². The van der Waals surface area contributed by atoms with E-state index in [4.69, 9.17) is 0 Å². The maximum Gasteiger partial charge on any atom is 0.0550 e. The molecule has 0 aliphatic carbocycles. The van der Waals surface area contributed by atoms with Gasteiger partial charge in [0.05, 0.1) is 5.69 Å². The second kappa shape index (κ2) is 3.92. The molecule has 1 aromatic heterocycles. The zero-order chi connectivity index (χ0) is 9.03. The van der Waals surface area contributed by atoms with Crippen molar-refractivity contribution in [1.82, 2.24) is 9.71 Å². The van der Waals surface area contributed by atoms with Crippen LogP contribution < -0.4 is 4.72 Å². The highest BCUT2D eigenvalue weighted by Crippen LogP contribution is 2.28. The van der Waals surface area contributed by atoms with Gasteiger partial charge in [0, 0.05) is 12.7 Å². The minimum absolute atomic E-state index is 0.612. The van der Waals surface area contributed by atoms with Gasteiger partial charge < -0.3 is 0 Å². The van der Waals surface area contributed by atoms with Gasteiger partial charge >= 0.3 is 0 Å². The van der Waals surface area contributed by atoms with E-state index < -0.39 is 10.2 Å². The largest absolute Gasteiger partial charge is 0.276 e. The molecule has 68 valence electrons. The van der Waals surface area contributed by atoms with Gasteiger partial charge in [0.2, 0.25) is 0 Å². The normalized spacial score (nSPS) is 12.9. The molecule has 0 bridgehead atoms. The van der Waals surface area contributed by atoms with E-state index in [0.717, 1.165) is 12.2 Å². The zero-order valence-corrected chi connectivity index (χ0v) is 8.69. The molecule has 0 saturated carbocycles. The molecule has 0 amide bonds. The first-order chi connectivity index (χ1) is 5.58. The summed E-state index contributed by atoms with van der Waals surface area (Å²) >= 11 is 0. The summed E-state index contributed by atoms with van der Waals surface area (Å²) in [5.41, 5.74) is 1.11. The first kappa shape index (κ1) is 9.55. The van der Waals surface area contributed by atoms with Crippen LogP contribution in [0.15, 0.2) is 24.4 Å². The van der Waals surface area contributed by atoms with Crippen LogP contribution in [0.2, 0.25) is 0 Å². The first-order valence-corrected chi connectivity index (χ1v) is 6.76. The van der Waals surface area contributed by atoms with Gasteiger partial charge in [-0.15, -0.1) is 0 Å². The van der Waals surface area contributed by atoms with Crippen LogP contribution >= 0.6 is 10.2 Å². The maximum absolute atomic E-state index is 4.23. The third-order valence-electron chi connectivity index (χ3n) is 1.41. The van der Waals surface area contributed by atoms with Crippen LogP contribution in [-0.4, -0.2) is 23.8 Å². The second-order valence-electron chi connectivity index (χ2n) is 3.48. The van der Waals surface area contributed by atoms with Crippen LogP contribution in [-0.2, 0) is 6.54 Å². The molecule has 0 fully saturated rings. The van der Waals surface area contributed by atoms with Crippen molar-refractivity contribution >= 4 is 10.2 Å². The highest BCUT2D eigenvalue weighted by Gasteiger charge is 2.01. The molecule has 0 spiro atoms. The lowest BCUT2D eigenvalue weighted by atomic mass is 10.4. The lowest BCUT2D eigenvalue weighted by Crippen LogP contribution is -2.17. The van der Waals surface area contributed by atoms with Crippen molar-refractivity contribution < 1.29 is 0 Å². The lowest BCUT2D eigenvalue weighted by Gasteiger charge is -2.26. The quantitative estimate of drug-likeness (QED) is 0.774. The van der Waals surface area contributed by atoms with Crippen LogP contribution in [0.4, 0.5) is 0 Å². The SMILES string of the molecule is CS(C)(C)NCc1ccccn1. The summed E-state index contributed by atoms with van der Waals surface area (Å²) in [7, 11) is -0.612. The van der Waals surface area contributed by atoms with Gasteiger partial charge in [-0.2, -0.15) is 10.2 Å². The Bertz CT molecular complexity index is 228. The van der Waals surface area contributed by atoms with E-state index in [1.165, 1.54) is 0 Å². The van der Waals surface area contributed by atoms with E-state index in [1.54, 1.807) is 0 Å². The highest BCUT2D eigenvalue weighted by molar-refractivity contribution is 8.30. The van der Waals surface area contributed by atoms with Crippen LogP contribution in [0.5, 0.6) is 0 Å². The van der Waals surface area contributed by atoms with E-state index >= 15 is 0 Å². The Balaban J connectivity index is 2.44. The third kappa shape index (κ3) is 3.74. The topological polar surface area (TPSA) is 24.9 Å². The standard InChI is InChI=1S/C9H16N2S/c1-12(2,3)11-8-9-6-4-5-7-10-9/h4-7,11H,8H2,1-3H3. The fourth-order valence-electron chi connectivity index (χ4n) is 0.793. The van der Waals surface area contributed by atoms with Crippen molar-refractivity contribution in [3.05, 3.63) is 30.1 Å². The van der Waals surface area contributed by atoms with Crippen molar-refractivity contribution in [2.45, 2.75) is 6.54 Å². The van der Waals surface area contributed by atoms with E-state index in [1.807, 2.05) is 24.4 Å². The van der Waals surface area contributed by atoms with E-state index in [0.29, 0.717) is 0 Å². The predicted molar refractivity (Wildman–Crippen MR) is 56.4 cm³/mol. The number of hydrogen-bond acceptors (Lipinski definition) is 2. The number of pyridine rings is 1. The average Bonchev–Trinajstić information content (AvgIpc) is 2.02. The minimum atomic E-state index is -0.612. The fraction of sp³-hybridized carbons (Fsp3) is 0.444. The Kier molecular flexibility index (Phi) is 3.12. The van der Waals surface area contributed by atoms with Crippen LogP contribution in [0, 0.1) is 0 Å². The summed E-state index contributed by atoms with van der Waals surface area (Å²) in [6, 6.07) is 5.99. The number of hydrogen-bond donors (Lipinski definition) is 1.